The molecule has 0 atom stereocenters. The molecule has 0 bridgehead atoms. The standard InChI is InChI=1S/C23H23ClN2O4/c1-13-4-7-18-16(21(13)24)10-19(26(18)3)22(29)25-23(11-30-12-23)17-6-5-15(8-14(17)2)9-20(27)28/h4-8,10H,9,11-12H2,1-3H3,(H,25,29)(H,27,28). The highest BCUT2D eigenvalue weighted by Crippen LogP contribution is 2.34. The van der Waals surface area contributed by atoms with Gasteiger partial charge < -0.3 is 19.7 Å². The molecule has 1 aliphatic rings. The fraction of sp³-hybridized carbons (Fsp3) is 0.304. The number of hydrogen-bond donors (Lipinski definition) is 2. The Morgan fingerprint density at radius 2 is 1.90 bits per heavy atom. The predicted molar refractivity (Wildman–Crippen MR) is 115 cm³/mol. The molecule has 1 saturated heterocycles. The monoisotopic (exact) mass is 426 g/mol. The molecule has 0 saturated carbocycles. The van der Waals surface area contributed by atoms with Crippen molar-refractivity contribution in [3.8, 4) is 0 Å². The number of halogens is 1. The van der Waals surface area contributed by atoms with Gasteiger partial charge in [-0.05, 0) is 48.2 Å². The van der Waals surface area contributed by atoms with Crippen LogP contribution in [0.4, 0.5) is 0 Å². The molecule has 7 heteroatoms. The van der Waals surface area contributed by atoms with Crippen LogP contribution < -0.4 is 5.32 Å². The Bertz CT molecular complexity index is 1180. The van der Waals surface area contributed by atoms with E-state index in [1.807, 2.05) is 55.8 Å². The largest absolute Gasteiger partial charge is 0.481 e. The van der Waals surface area contributed by atoms with Gasteiger partial charge in [0, 0.05) is 18.0 Å². The number of hydrogen-bond acceptors (Lipinski definition) is 3. The van der Waals surface area contributed by atoms with Crippen LogP contribution in [-0.2, 0) is 28.5 Å². The van der Waals surface area contributed by atoms with Gasteiger partial charge in [-0.15, -0.1) is 0 Å². The Morgan fingerprint density at radius 3 is 2.50 bits per heavy atom. The third-order valence-electron chi connectivity index (χ3n) is 5.80. The Labute approximate surface area is 179 Å². The minimum absolute atomic E-state index is 0.0346. The van der Waals surface area contributed by atoms with Crippen molar-refractivity contribution in [3.63, 3.8) is 0 Å². The van der Waals surface area contributed by atoms with Gasteiger partial charge in [0.15, 0.2) is 0 Å². The van der Waals surface area contributed by atoms with Crippen LogP contribution in [0.2, 0.25) is 5.02 Å². The van der Waals surface area contributed by atoms with Gasteiger partial charge >= 0.3 is 5.97 Å². The third kappa shape index (κ3) is 3.36. The first-order valence-corrected chi connectivity index (χ1v) is 10.1. The van der Waals surface area contributed by atoms with Gasteiger partial charge in [-0.25, -0.2) is 0 Å². The van der Waals surface area contributed by atoms with E-state index in [2.05, 4.69) is 5.32 Å². The summed E-state index contributed by atoms with van der Waals surface area (Å²) in [5.41, 5.74) is 4.32. The summed E-state index contributed by atoms with van der Waals surface area (Å²) in [6.45, 7) is 4.58. The highest BCUT2D eigenvalue weighted by molar-refractivity contribution is 6.36. The van der Waals surface area contributed by atoms with Crippen molar-refractivity contribution in [1.82, 2.24) is 9.88 Å². The second kappa shape index (κ2) is 7.45. The maximum Gasteiger partial charge on any atom is 0.307 e. The van der Waals surface area contributed by atoms with Crippen LogP contribution in [0, 0.1) is 13.8 Å². The van der Waals surface area contributed by atoms with E-state index < -0.39 is 11.5 Å². The number of carboxylic acid groups (broad SMARTS) is 1. The van der Waals surface area contributed by atoms with Crippen LogP contribution in [0.15, 0.2) is 36.4 Å². The maximum absolute atomic E-state index is 13.2. The molecule has 1 fully saturated rings. The van der Waals surface area contributed by atoms with Crippen molar-refractivity contribution in [2.24, 2.45) is 7.05 Å². The number of rotatable bonds is 5. The average Bonchev–Trinajstić information content (AvgIpc) is 2.99. The smallest absolute Gasteiger partial charge is 0.307 e. The lowest BCUT2D eigenvalue weighted by Crippen LogP contribution is -2.59. The summed E-state index contributed by atoms with van der Waals surface area (Å²) in [6.07, 6.45) is -0.0346. The first-order valence-electron chi connectivity index (χ1n) is 9.68. The number of aryl methyl sites for hydroxylation is 3. The van der Waals surface area contributed by atoms with Gasteiger partial charge in [-0.1, -0.05) is 35.9 Å². The number of fused-ring (bicyclic) bond motifs is 1. The zero-order valence-corrected chi connectivity index (χ0v) is 17.8. The first-order chi connectivity index (χ1) is 14.2. The van der Waals surface area contributed by atoms with E-state index in [4.69, 9.17) is 21.4 Å². The SMILES string of the molecule is Cc1cc(CC(=O)O)ccc1C1(NC(=O)c2cc3c(Cl)c(C)ccc3n2C)COC1. The summed E-state index contributed by atoms with van der Waals surface area (Å²) >= 11 is 6.45. The van der Waals surface area contributed by atoms with E-state index in [-0.39, 0.29) is 12.3 Å². The topological polar surface area (TPSA) is 80.6 Å². The summed E-state index contributed by atoms with van der Waals surface area (Å²) < 4.78 is 7.31. The van der Waals surface area contributed by atoms with E-state index in [0.717, 1.165) is 33.2 Å². The number of aliphatic carboxylic acids is 1. The molecule has 0 unspecified atom stereocenters. The predicted octanol–water partition coefficient (Wildman–Crippen LogP) is 3.73. The lowest BCUT2D eigenvalue weighted by molar-refractivity contribution is -0.136. The second-order valence-corrected chi connectivity index (χ2v) is 8.34. The van der Waals surface area contributed by atoms with Crippen LogP contribution in [0.25, 0.3) is 10.9 Å². The highest BCUT2D eigenvalue weighted by Gasteiger charge is 2.43. The summed E-state index contributed by atoms with van der Waals surface area (Å²) in [4.78, 5) is 24.2. The van der Waals surface area contributed by atoms with Crippen LogP contribution in [-0.4, -0.2) is 34.8 Å². The number of carboxylic acids is 1. The molecular weight excluding hydrogens is 404 g/mol. The quantitative estimate of drug-likeness (QED) is 0.651. The van der Waals surface area contributed by atoms with Gasteiger partial charge in [0.2, 0.25) is 0 Å². The summed E-state index contributed by atoms with van der Waals surface area (Å²) in [7, 11) is 1.85. The van der Waals surface area contributed by atoms with Crippen LogP contribution in [0.5, 0.6) is 0 Å². The molecular formula is C23H23ClN2O4. The summed E-state index contributed by atoms with van der Waals surface area (Å²) in [5.74, 6) is -1.08. The normalized spacial score (nSPS) is 15.1. The van der Waals surface area contributed by atoms with Gasteiger partial charge in [0.1, 0.15) is 11.2 Å². The van der Waals surface area contributed by atoms with E-state index in [0.29, 0.717) is 23.9 Å². The van der Waals surface area contributed by atoms with Gasteiger partial charge in [-0.3, -0.25) is 9.59 Å². The number of nitrogens with one attached hydrogen (secondary N) is 1. The molecule has 0 radical (unpaired) electrons. The molecule has 2 aromatic carbocycles. The fourth-order valence-electron chi connectivity index (χ4n) is 4.13. The van der Waals surface area contributed by atoms with E-state index in [1.165, 1.54) is 0 Å². The number of carbonyl (C=O) groups excluding carboxylic acids is 1. The van der Waals surface area contributed by atoms with E-state index in [9.17, 15) is 9.59 Å². The number of nitrogens with zero attached hydrogens (tertiary/aromatic N) is 1. The van der Waals surface area contributed by atoms with Crippen molar-refractivity contribution in [2.75, 3.05) is 13.2 Å². The fourth-order valence-corrected chi connectivity index (χ4v) is 4.35. The van der Waals surface area contributed by atoms with Crippen LogP contribution >= 0.6 is 11.6 Å². The molecule has 156 valence electrons. The molecule has 1 aromatic heterocycles. The molecule has 0 spiro atoms. The van der Waals surface area contributed by atoms with Crippen molar-refractivity contribution in [2.45, 2.75) is 25.8 Å². The number of aromatic nitrogens is 1. The van der Waals surface area contributed by atoms with Crippen molar-refractivity contribution in [3.05, 3.63) is 69.4 Å². The highest BCUT2D eigenvalue weighted by atomic mass is 35.5. The minimum Gasteiger partial charge on any atom is -0.481 e. The van der Waals surface area contributed by atoms with Crippen molar-refractivity contribution in [1.29, 1.82) is 0 Å². The zero-order valence-electron chi connectivity index (χ0n) is 17.1. The molecule has 6 nitrogen and oxygen atoms in total. The molecule has 0 aliphatic carbocycles. The third-order valence-corrected chi connectivity index (χ3v) is 6.30. The number of benzene rings is 2. The van der Waals surface area contributed by atoms with Crippen molar-refractivity contribution >= 4 is 34.4 Å². The Hall–Kier alpha value is -2.83. The van der Waals surface area contributed by atoms with Crippen LogP contribution in [0.3, 0.4) is 0 Å². The second-order valence-electron chi connectivity index (χ2n) is 7.97. The van der Waals surface area contributed by atoms with Gasteiger partial charge in [0.05, 0.1) is 24.7 Å². The summed E-state index contributed by atoms with van der Waals surface area (Å²) in [5, 5.41) is 13.7. The Morgan fingerprint density at radius 1 is 1.17 bits per heavy atom. The Balaban J connectivity index is 1.67. The van der Waals surface area contributed by atoms with Gasteiger partial charge in [-0.2, -0.15) is 0 Å². The number of carbonyl (C=O) groups is 2. The molecule has 1 amide bonds. The minimum atomic E-state index is -0.873. The number of amides is 1. The lowest BCUT2D eigenvalue weighted by Gasteiger charge is -2.43. The summed E-state index contributed by atoms with van der Waals surface area (Å²) in [6, 6.07) is 11.3. The molecule has 1 aliphatic heterocycles. The molecule has 4 rings (SSSR count). The molecule has 2 N–H and O–H groups in total. The van der Waals surface area contributed by atoms with Crippen molar-refractivity contribution < 1.29 is 19.4 Å². The lowest BCUT2D eigenvalue weighted by atomic mass is 9.84. The first kappa shape index (κ1) is 20.4. The average molecular weight is 427 g/mol. The van der Waals surface area contributed by atoms with E-state index in [1.54, 1.807) is 6.07 Å². The number of ether oxygens (including phenoxy) is 1. The molecule has 30 heavy (non-hydrogen) atoms. The zero-order chi connectivity index (χ0) is 21.6. The molecule has 3 aromatic rings. The Kier molecular flexibility index (Phi) is 5.08. The maximum atomic E-state index is 13.2. The van der Waals surface area contributed by atoms with Crippen LogP contribution in [0.1, 0.15) is 32.7 Å². The van der Waals surface area contributed by atoms with E-state index >= 15 is 0 Å². The van der Waals surface area contributed by atoms with Gasteiger partial charge in [0.25, 0.3) is 5.91 Å². The molecule has 2 heterocycles.